The summed E-state index contributed by atoms with van der Waals surface area (Å²) in [4.78, 5) is 5.05. The molecule has 0 aromatic heterocycles. The molecule has 0 heterocycles. The standard InChI is InChI=1S/C39H44N2/c1-30-12-9-20-38(28-30)40(34-15-5-3-6-16-34)36-19-11-14-32(22-25-36)33-23-26-37(27-24-33)41(35-17-7-4-8-18-35)39-21-10-13-31(2)29-39/h3-5,7-8,10,15,17-18,20-29,31-32,36H,6,9,11-14,16,19H2,1-2H3. The summed E-state index contributed by atoms with van der Waals surface area (Å²) in [6.07, 6.45) is 33.1. The molecule has 0 bridgehead atoms. The van der Waals surface area contributed by atoms with Crippen molar-refractivity contribution >= 4 is 11.4 Å². The van der Waals surface area contributed by atoms with Gasteiger partial charge in [-0.05, 0) is 106 Å². The third-order valence-corrected chi connectivity index (χ3v) is 8.88. The number of nitrogens with zero attached hydrogens (tertiary/aromatic N) is 2. The largest absolute Gasteiger partial charge is 0.339 e. The predicted octanol–water partition coefficient (Wildman–Crippen LogP) is 10.7. The molecule has 0 saturated carbocycles. The zero-order valence-corrected chi connectivity index (χ0v) is 24.8. The molecule has 2 heteroatoms. The number of hydrogen-bond donors (Lipinski definition) is 0. The quantitative estimate of drug-likeness (QED) is 0.322. The number of anilines is 2. The van der Waals surface area contributed by atoms with Crippen LogP contribution in [0.1, 0.15) is 76.7 Å². The molecule has 2 aromatic rings. The first-order valence-corrected chi connectivity index (χ1v) is 15.7. The molecule has 2 aromatic carbocycles. The Balaban J connectivity index is 1.25. The summed E-state index contributed by atoms with van der Waals surface area (Å²) in [5, 5.41) is 0. The monoisotopic (exact) mass is 540 g/mol. The van der Waals surface area contributed by atoms with Crippen LogP contribution in [-0.4, -0.2) is 10.9 Å². The summed E-state index contributed by atoms with van der Waals surface area (Å²) in [6.45, 7) is 4.58. The molecule has 0 aliphatic heterocycles. The molecule has 2 nitrogen and oxygen atoms in total. The molecule has 0 N–H and O–H groups in total. The summed E-state index contributed by atoms with van der Waals surface area (Å²) >= 11 is 0. The Labute approximate surface area is 247 Å². The van der Waals surface area contributed by atoms with Gasteiger partial charge >= 0.3 is 0 Å². The van der Waals surface area contributed by atoms with Crippen LogP contribution in [0, 0.1) is 5.92 Å². The molecule has 0 saturated heterocycles. The Morgan fingerprint density at radius 2 is 1.63 bits per heavy atom. The summed E-state index contributed by atoms with van der Waals surface area (Å²) < 4.78 is 0. The van der Waals surface area contributed by atoms with Crippen LogP contribution in [0.3, 0.4) is 0 Å². The van der Waals surface area contributed by atoms with E-state index < -0.39 is 0 Å². The third-order valence-electron chi connectivity index (χ3n) is 8.88. The molecule has 0 fully saturated rings. The second-order valence-electron chi connectivity index (χ2n) is 12.1. The average Bonchev–Trinajstić information content (AvgIpc) is 3.25. The van der Waals surface area contributed by atoms with Crippen molar-refractivity contribution in [1.82, 2.24) is 4.90 Å². The predicted molar refractivity (Wildman–Crippen MR) is 175 cm³/mol. The molecule has 4 aliphatic rings. The van der Waals surface area contributed by atoms with Crippen LogP contribution >= 0.6 is 0 Å². The van der Waals surface area contributed by atoms with E-state index in [1.165, 1.54) is 65.3 Å². The lowest BCUT2D eigenvalue weighted by atomic mass is 9.94. The first kappa shape index (κ1) is 27.4. The van der Waals surface area contributed by atoms with Gasteiger partial charge in [-0.15, -0.1) is 0 Å². The lowest BCUT2D eigenvalue weighted by Gasteiger charge is -2.36. The molecular formula is C39H44N2. The molecular weight excluding hydrogens is 496 g/mol. The van der Waals surface area contributed by atoms with Gasteiger partial charge in [0.1, 0.15) is 0 Å². The van der Waals surface area contributed by atoms with E-state index in [9.17, 15) is 0 Å². The van der Waals surface area contributed by atoms with E-state index in [0.717, 1.165) is 25.7 Å². The number of rotatable bonds is 7. The summed E-state index contributed by atoms with van der Waals surface area (Å²) in [5.74, 6) is 1.00. The minimum absolute atomic E-state index is 0.408. The SMILES string of the molecule is CC1=CC(N(C2=CC=CCC2)C2C=CC(c3ccc(N(C4=CC(C)CC=C4)c4ccccc4)cc3)CCC2)=CCC1. The zero-order chi connectivity index (χ0) is 28.0. The van der Waals surface area contributed by atoms with Crippen LogP contribution in [0.5, 0.6) is 0 Å². The van der Waals surface area contributed by atoms with Crippen LogP contribution < -0.4 is 4.90 Å². The molecule has 3 atom stereocenters. The Bertz CT molecular complexity index is 1410. The number of para-hydroxylation sites is 1. The van der Waals surface area contributed by atoms with Crippen LogP contribution in [0.2, 0.25) is 0 Å². The Morgan fingerprint density at radius 1 is 0.805 bits per heavy atom. The van der Waals surface area contributed by atoms with Crippen LogP contribution in [0.25, 0.3) is 0 Å². The van der Waals surface area contributed by atoms with Gasteiger partial charge in [-0.3, -0.25) is 0 Å². The molecule has 41 heavy (non-hydrogen) atoms. The smallest absolute Gasteiger partial charge is 0.0519 e. The fourth-order valence-corrected chi connectivity index (χ4v) is 6.72. The second-order valence-corrected chi connectivity index (χ2v) is 12.1. The van der Waals surface area contributed by atoms with Crippen molar-refractivity contribution < 1.29 is 0 Å². The Hall–Kier alpha value is -3.78. The maximum absolute atomic E-state index is 2.65. The molecule has 0 amide bonds. The topological polar surface area (TPSA) is 6.48 Å². The maximum atomic E-state index is 2.65. The summed E-state index contributed by atoms with van der Waals surface area (Å²) in [7, 11) is 0. The van der Waals surface area contributed by atoms with Crippen molar-refractivity contribution in [1.29, 1.82) is 0 Å². The van der Waals surface area contributed by atoms with Crippen molar-refractivity contribution in [2.24, 2.45) is 5.92 Å². The lowest BCUT2D eigenvalue weighted by Crippen LogP contribution is -2.33. The highest BCUT2D eigenvalue weighted by molar-refractivity contribution is 5.70. The van der Waals surface area contributed by atoms with Gasteiger partial charge in [-0.1, -0.05) is 91.8 Å². The van der Waals surface area contributed by atoms with Crippen LogP contribution in [0.4, 0.5) is 11.4 Å². The van der Waals surface area contributed by atoms with Gasteiger partial charge in [-0.25, -0.2) is 0 Å². The normalized spacial score (nSPS) is 24.1. The fraction of sp³-hybridized carbons (Fsp3) is 0.333. The van der Waals surface area contributed by atoms with E-state index in [-0.39, 0.29) is 0 Å². The van der Waals surface area contributed by atoms with Crippen molar-refractivity contribution in [3.63, 3.8) is 0 Å². The third kappa shape index (κ3) is 6.43. The van der Waals surface area contributed by atoms with Gasteiger partial charge in [0.05, 0.1) is 6.04 Å². The summed E-state index contributed by atoms with van der Waals surface area (Å²) in [5.41, 5.74) is 9.45. The number of benzene rings is 2. The van der Waals surface area contributed by atoms with E-state index in [1.54, 1.807) is 0 Å². The molecule has 0 radical (unpaired) electrons. The zero-order valence-electron chi connectivity index (χ0n) is 24.8. The van der Waals surface area contributed by atoms with Gasteiger partial charge in [0.25, 0.3) is 0 Å². The highest BCUT2D eigenvalue weighted by Crippen LogP contribution is 2.37. The van der Waals surface area contributed by atoms with E-state index in [1.807, 2.05) is 0 Å². The van der Waals surface area contributed by atoms with E-state index in [0.29, 0.717) is 17.9 Å². The second kappa shape index (κ2) is 12.8. The minimum atomic E-state index is 0.408. The molecule has 6 rings (SSSR count). The first-order valence-electron chi connectivity index (χ1n) is 15.7. The number of allylic oxidation sites excluding steroid dienone is 11. The van der Waals surface area contributed by atoms with Gasteiger partial charge in [0.15, 0.2) is 0 Å². The lowest BCUT2D eigenvalue weighted by molar-refractivity contribution is 0.336. The van der Waals surface area contributed by atoms with E-state index in [2.05, 4.69) is 139 Å². The Kier molecular flexibility index (Phi) is 8.56. The Morgan fingerprint density at radius 3 is 2.39 bits per heavy atom. The van der Waals surface area contributed by atoms with Gasteiger partial charge < -0.3 is 9.80 Å². The van der Waals surface area contributed by atoms with Crippen molar-refractivity contribution in [2.75, 3.05) is 4.90 Å². The van der Waals surface area contributed by atoms with Crippen LogP contribution in [0.15, 0.2) is 138 Å². The molecule has 4 aliphatic carbocycles. The van der Waals surface area contributed by atoms with Crippen molar-refractivity contribution in [3.8, 4) is 0 Å². The highest BCUT2D eigenvalue weighted by atomic mass is 15.2. The van der Waals surface area contributed by atoms with Crippen LogP contribution in [-0.2, 0) is 0 Å². The van der Waals surface area contributed by atoms with Crippen molar-refractivity contribution in [3.05, 3.63) is 144 Å². The van der Waals surface area contributed by atoms with E-state index >= 15 is 0 Å². The minimum Gasteiger partial charge on any atom is -0.339 e. The van der Waals surface area contributed by atoms with Gasteiger partial charge in [0.2, 0.25) is 0 Å². The molecule has 210 valence electrons. The fourth-order valence-electron chi connectivity index (χ4n) is 6.72. The van der Waals surface area contributed by atoms with E-state index in [4.69, 9.17) is 0 Å². The molecule has 0 spiro atoms. The highest BCUT2D eigenvalue weighted by Gasteiger charge is 2.25. The number of hydrogen-bond acceptors (Lipinski definition) is 2. The van der Waals surface area contributed by atoms with Gasteiger partial charge in [-0.2, -0.15) is 0 Å². The average molecular weight is 541 g/mol. The summed E-state index contributed by atoms with van der Waals surface area (Å²) in [6, 6.07) is 20.5. The van der Waals surface area contributed by atoms with Gasteiger partial charge in [0, 0.05) is 34.4 Å². The maximum Gasteiger partial charge on any atom is 0.0519 e. The first-order chi connectivity index (χ1) is 20.2. The van der Waals surface area contributed by atoms with Crippen molar-refractivity contribution in [2.45, 2.75) is 77.2 Å². The molecule has 3 unspecified atom stereocenters.